The van der Waals surface area contributed by atoms with Crippen LogP contribution in [0.3, 0.4) is 0 Å². The second-order valence-corrected chi connectivity index (χ2v) is 7.38. The van der Waals surface area contributed by atoms with E-state index >= 15 is 0 Å². The molecule has 0 fully saturated rings. The smallest absolute Gasteiger partial charge is 0.246 e. The Morgan fingerprint density at radius 2 is 1.81 bits per heavy atom. The van der Waals surface area contributed by atoms with Gasteiger partial charge in [-0.2, -0.15) is 4.98 Å². The molecule has 0 aliphatic rings. The molecular weight excluding hydrogens is 345 g/mol. The summed E-state index contributed by atoms with van der Waals surface area (Å²) >= 11 is 0. The van der Waals surface area contributed by atoms with Crippen LogP contribution in [-0.4, -0.2) is 16.0 Å². The number of carbonyl (C=O) groups excluding carboxylic acids is 1. The van der Waals surface area contributed by atoms with Crippen LogP contribution in [0.25, 0.3) is 11.4 Å². The van der Waals surface area contributed by atoms with Crippen molar-refractivity contribution in [3.05, 3.63) is 71.4 Å². The summed E-state index contributed by atoms with van der Waals surface area (Å²) in [4.78, 5) is 16.3. The van der Waals surface area contributed by atoms with Crippen molar-refractivity contribution < 1.29 is 13.7 Å². The summed E-state index contributed by atoms with van der Waals surface area (Å²) in [5.74, 6) is 0.0569. The molecule has 0 spiro atoms. The summed E-state index contributed by atoms with van der Waals surface area (Å²) in [5.41, 5.74) is 2.48. The highest BCUT2D eigenvalue weighted by atomic mass is 19.1. The Morgan fingerprint density at radius 1 is 1.11 bits per heavy atom. The zero-order chi connectivity index (χ0) is 19.4. The molecule has 3 aromatic rings. The lowest BCUT2D eigenvalue weighted by Crippen LogP contribution is -2.25. The number of nitrogens with zero attached hydrogens (tertiary/aromatic N) is 2. The molecule has 0 aliphatic carbocycles. The van der Waals surface area contributed by atoms with Crippen molar-refractivity contribution in [2.45, 2.75) is 39.2 Å². The highest BCUT2D eigenvalue weighted by Gasteiger charge is 2.15. The fourth-order valence-electron chi connectivity index (χ4n) is 2.61. The maximum Gasteiger partial charge on any atom is 0.246 e. The van der Waals surface area contributed by atoms with Gasteiger partial charge < -0.3 is 9.84 Å². The Morgan fingerprint density at radius 3 is 2.48 bits per heavy atom. The first-order valence-electron chi connectivity index (χ1n) is 8.76. The van der Waals surface area contributed by atoms with Gasteiger partial charge >= 0.3 is 0 Å². The van der Waals surface area contributed by atoms with Gasteiger partial charge in [-0.15, -0.1) is 0 Å². The van der Waals surface area contributed by atoms with E-state index in [-0.39, 0.29) is 24.3 Å². The molecule has 0 saturated heterocycles. The van der Waals surface area contributed by atoms with Gasteiger partial charge in [0.2, 0.25) is 17.6 Å². The molecule has 0 bridgehead atoms. The van der Waals surface area contributed by atoms with E-state index < -0.39 is 5.82 Å². The van der Waals surface area contributed by atoms with Crippen LogP contribution in [0.4, 0.5) is 4.39 Å². The minimum Gasteiger partial charge on any atom is -0.347 e. The number of hydrogen-bond donors (Lipinski definition) is 1. The number of aromatic nitrogens is 2. The Balaban J connectivity index is 1.59. The van der Waals surface area contributed by atoms with E-state index in [1.54, 1.807) is 18.2 Å². The molecule has 27 heavy (non-hydrogen) atoms. The summed E-state index contributed by atoms with van der Waals surface area (Å²) in [7, 11) is 0. The van der Waals surface area contributed by atoms with Crippen LogP contribution >= 0.6 is 0 Å². The Kier molecular flexibility index (Phi) is 5.35. The number of hydrogen-bond acceptors (Lipinski definition) is 4. The summed E-state index contributed by atoms with van der Waals surface area (Å²) in [6, 6.07) is 14.2. The SMILES string of the molecule is CC(C)(C)c1ccc(-c2noc(CNC(=O)Cc3ccccc3F)n2)cc1. The van der Waals surface area contributed by atoms with Crippen molar-refractivity contribution in [1.82, 2.24) is 15.5 Å². The predicted octanol–water partition coefficient (Wildman–Crippen LogP) is 4.03. The normalized spacial score (nSPS) is 11.4. The predicted molar refractivity (Wildman–Crippen MR) is 100 cm³/mol. The molecule has 0 atom stereocenters. The van der Waals surface area contributed by atoms with Gasteiger partial charge in [0.25, 0.3) is 0 Å². The summed E-state index contributed by atoms with van der Waals surface area (Å²) in [6.07, 6.45) is -0.0397. The van der Waals surface area contributed by atoms with Gasteiger partial charge in [0.05, 0.1) is 13.0 Å². The average molecular weight is 367 g/mol. The van der Waals surface area contributed by atoms with E-state index in [2.05, 4.69) is 36.2 Å². The first kappa shape index (κ1) is 18.8. The standard InChI is InChI=1S/C21H22FN3O2/c1-21(2,3)16-10-8-14(9-11-16)20-24-19(27-25-20)13-23-18(26)12-15-6-4-5-7-17(15)22/h4-11H,12-13H2,1-3H3,(H,23,26). The summed E-state index contributed by atoms with van der Waals surface area (Å²) in [6.45, 7) is 6.55. The van der Waals surface area contributed by atoms with Gasteiger partial charge in [-0.3, -0.25) is 4.79 Å². The fraction of sp³-hybridized carbons (Fsp3) is 0.286. The Bertz CT molecular complexity index is 927. The molecule has 1 heterocycles. The highest BCUT2D eigenvalue weighted by Crippen LogP contribution is 2.24. The molecule has 1 amide bonds. The number of amides is 1. The number of rotatable bonds is 5. The molecule has 1 aromatic heterocycles. The molecular formula is C21H22FN3O2. The molecule has 3 rings (SSSR count). The third-order valence-corrected chi connectivity index (χ3v) is 4.22. The molecule has 1 N–H and O–H groups in total. The molecule has 2 aromatic carbocycles. The maximum absolute atomic E-state index is 13.6. The van der Waals surface area contributed by atoms with Crippen molar-refractivity contribution in [1.29, 1.82) is 0 Å². The lowest BCUT2D eigenvalue weighted by molar-refractivity contribution is -0.120. The van der Waals surface area contributed by atoms with Gasteiger partial charge in [0, 0.05) is 5.56 Å². The number of carbonyl (C=O) groups is 1. The largest absolute Gasteiger partial charge is 0.347 e. The second-order valence-electron chi connectivity index (χ2n) is 7.38. The molecule has 0 saturated carbocycles. The zero-order valence-electron chi connectivity index (χ0n) is 15.6. The van der Waals surface area contributed by atoms with Crippen molar-refractivity contribution >= 4 is 5.91 Å². The number of nitrogens with one attached hydrogen (secondary N) is 1. The van der Waals surface area contributed by atoms with Crippen LogP contribution in [0.15, 0.2) is 53.1 Å². The van der Waals surface area contributed by atoms with Gasteiger partial charge in [-0.25, -0.2) is 4.39 Å². The van der Waals surface area contributed by atoms with Crippen molar-refractivity contribution in [3.8, 4) is 11.4 Å². The molecule has 0 aliphatic heterocycles. The molecule has 140 valence electrons. The van der Waals surface area contributed by atoms with E-state index in [0.717, 1.165) is 5.56 Å². The fourth-order valence-corrected chi connectivity index (χ4v) is 2.61. The quantitative estimate of drug-likeness (QED) is 0.739. The summed E-state index contributed by atoms with van der Waals surface area (Å²) in [5, 5.41) is 6.62. The van der Waals surface area contributed by atoms with Gasteiger partial charge in [0.15, 0.2) is 0 Å². The van der Waals surface area contributed by atoms with Crippen LogP contribution in [0.2, 0.25) is 0 Å². The first-order valence-corrected chi connectivity index (χ1v) is 8.76. The Labute approximate surface area is 157 Å². The number of benzene rings is 2. The van der Waals surface area contributed by atoms with Gasteiger partial charge in [0.1, 0.15) is 5.82 Å². The third-order valence-electron chi connectivity index (χ3n) is 4.22. The van der Waals surface area contributed by atoms with Crippen molar-refractivity contribution in [2.75, 3.05) is 0 Å². The van der Waals surface area contributed by atoms with Crippen LogP contribution < -0.4 is 5.32 Å². The lowest BCUT2D eigenvalue weighted by Gasteiger charge is -2.18. The number of halogens is 1. The summed E-state index contributed by atoms with van der Waals surface area (Å²) < 4.78 is 18.8. The molecule has 6 heteroatoms. The van der Waals surface area contributed by atoms with E-state index in [9.17, 15) is 9.18 Å². The minimum absolute atomic E-state index is 0.0397. The molecule has 0 unspecified atom stereocenters. The Hall–Kier alpha value is -3.02. The topological polar surface area (TPSA) is 68.0 Å². The van der Waals surface area contributed by atoms with Crippen molar-refractivity contribution in [3.63, 3.8) is 0 Å². The molecule has 5 nitrogen and oxygen atoms in total. The third kappa shape index (κ3) is 4.78. The zero-order valence-corrected chi connectivity index (χ0v) is 15.6. The van der Waals surface area contributed by atoms with Gasteiger partial charge in [-0.05, 0) is 22.6 Å². The molecule has 0 radical (unpaired) electrons. The van der Waals surface area contributed by atoms with Crippen LogP contribution in [0.5, 0.6) is 0 Å². The minimum atomic E-state index is -0.397. The van der Waals surface area contributed by atoms with Crippen molar-refractivity contribution in [2.24, 2.45) is 0 Å². The monoisotopic (exact) mass is 367 g/mol. The highest BCUT2D eigenvalue weighted by molar-refractivity contribution is 5.78. The van der Waals surface area contributed by atoms with E-state index in [1.165, 1.54) is 11.6 Å². The van der Waals surface area contributed by atoms with Crippen LogP contribution in [0.1, 0.15) is 37.8 Å². The van der Waals surface area contributed by atoms with Gasteiger partial charge in [-0.1, -0.05) is 68.4 Å². The first-order chi connectivity index (χ1) is 12.8. The van der Waals surface area contributed by atoms with E-state index in [4.69, 9.17) is 4.52 Å². The van der Waals surface area contributed by atoms with E-state index in [1.807, 2.05) is 24.3 Å². The maximum atomic E-state index is 13.6. The van der Waals surface area contributed by atoms with Crippen LogP contribution in [-0.2, 0) is 23.2 Å². The van der Waals surface area contributed by atoms with Crippen LogP contribution in [0, 0.1) is 5.82 Å². The average Bonchev–Trinajstić information content (AvgIpc) is 3.10. The van der Waals surface area contributed by atoms with E-state index in [0.29, 0.717) is 17.3 Å². The second kappa shape index (κ2) is 7.70. The lowest BCUT2D eigenvalue weighted by atomic mass is 9.87.